The normalized spacial score (nSPS) is 20.1. The van der Waals surface area contributed by atoms with Gasteiger partial charge in [0.2, 0.25) is 0 Å². The van der Waals surface area contributed by atoms with E-state index in [0.717, 1.165) is 22.6 Å². The summed E-state index contributed by atoms with van der Waals surface area (Å²) in [6.07, 6.45) is 0.691. The number of fused-ring (bicyclic) bond motifs is 2. The quantitative estimate of drug-likeness (QED) is 0.200. The Bertz CT molecular complexity index is 1630. The lowest BCUT2D eigenvalue weighted by molar-refractivity contribution is -0.132. The number of rotatable bonds is 5. The van der Waals surface area contributed by atoms with Crippen molar-refractivity contribution in [1.29, 1.82) is 0 Å². The zero-order valence-electron chi connectivity index (χ0n) is 20.6. The van der Waals surface area contributed by atoms with Gasteiger partial charge in [-0.05, 0) is 73.5 Å². The number of aliphatic hydroxyl groups excluding tert-OH is 1. The molecule has 2 aliphatic rings. The van der Waals surface area contributed by atoms with Crippen LogP contribution >= 0.6 is 11.3 Å². The molecule has 38 heavy (non-hydrogen) atoms. The molecule has 4 aromatic rings. The molecule has 7 nitrogen and oxygen atoms in total. The highest BCUT2D eigenvalue weighted by atomic mass is 32.1. The number of Topliss-reactive ketones (excluding diaryl/α,β-unsaturated/α-hetero) is 1. The van der Waals surface area contributed by atoms with E-state index in [-0.39, 0.29) is 22.6 Å². The van der Waals surface area contributed by atoms with E-state index in [1.165, 1.54) is 23.1 Å². The van der Waals surface area contributed by atoms with E-state index in [0.29, 0.717) is 40.1 Å². The topological polar surface area (TPSA) is 89.0 Å². The van der Waals surface area contributed by atoms with E-state index in [9.17, 15) is 19.1 Å². The fourth-order valence-corrected chi connectivity index (χ4v) is 5.99. The molecule has 1 N–H and O–H groups in total. The Morgan fingerprint density at radius 1 is 1.16 bits per heavy atom. The number of nitrogens with zero attached hydrogens (tertiary/aromatic N) is 2. The molecule has 0 spiro atoms. The second-order valence-electron chi connectivity index (χ2n) is 9.23. The molecule has 2 atom stereocenters. The van der Waals surface area contributed by atoms with Crippen molar-refractivity contribution in [3.05, 3.63) is 88.7 Å². The number of aromatic nitrogens is 1. The van der Waals surface area contributed by atoms with Gasteiger partial charge in [0.25, 0.3) is 5.78 Å². The molecule has 3 aromatic carbocycles. The molecular weight excluding hydrogens is 507 g/mol. The summed E-state index contributed by atoms with van der Waals surface area (Å²) in [7, 11) is 0. The van der Waals surface area contributed by atoms with Crippen LogP contribution in [0.3, 0.4) is 0 Å². The Morgan fingerprint density at radius 2 is 1.95 bits per heavy atom. The van der Waals surface area contributed by atoms with E-state index in [4.69, 9.17) is 9.47 Å². The average Bonchev–Trinajstić information content (AvgIpc) is 3.56. The molecule has 1 saturated heterocycles. The molecule has 192 valence electrons. The lowest BCUT2D eigenvalue weighted by Crippen LogP contribution is -2.29. The first-order chi connectivity index (χ1) is 18.3. The lowest BCUT2D eigenvalue weighted by atomic mass is 9.94. The van der Waals surface area contributed by atoms with Crippen LogP contribution in [0, 0.1) is 5.82 Å². The van der Waals surface area contributed by atoms with E-state index in [2.05, 4.69) is 4.98 Å². The minimum Gasteiger partial charge on any atom is -0.507 e. The summed E-state index contributed by atoms with van der Waals surface area (Å²) >= 11 is 1.11. The zero-order chi connectivity index (χ0) is 26.6. The standard InChI is InChI=1S/C29H23FN2O5S/c1-3-36-20-8-4-16(5-9-20)25-24(26(33)17-6-11-22-18(13-17)12-15(2)37-22)27(34)28(35)32(25)29-31-21-10-7-19(30)14-23(21)38-29/h4-11,13-15,25,33H,3,12H2,1-2H3/t15-,25+/m1/s1. The molecule has 3 heterocycles. The van der Waals surface area contributed by atoms with Gasteiger partial charge in [-0.3, -0.25) is 14.5 Å². The number of thiazole rings is 1. The molecule has 0 bridgehead atoms. The Hall–Kier alpha value is -4.24. The number of carbonyl (C=O) groups is 2. The van der Waals surface area contributed by atoms with Crippen LogP contribution < -0.4 is 14.4 Å². The number of anilines is 1. The van der Waals surface area contributed by atoms with Crippen molar-refractivity contribution in [2.75, 3.05) is 11.5 Å². The average molecular weight is 531 g/mol. The number of ether oxygens (including phenoxy) is 2. The third-order valence-corrected chi connectivity index (χ3v) is 7.68. The zero-order valence-corrected chi connectivity index (χ0v) is 21.4. The first kappa shape index (κ1) is 24.1. The molecule has 9 heteroatoms. The highest BCUT2D eigenvalue weighted by Gasteiger charge is 2.48. The number of ketones is 1. The van der Waals surface area contributed by atoms with Crippen molar-refractivity contribution in [3.63, 3.8) is 0 Å². The predicted octanol–water partition coefficient (Wildman–Crippen LogP) is 5.78. The number of benzene rings is 3. The second-order valence-corrected chi connectivity index (χ2v) is 10.2. The van der Waals surface area contributed by atoms with Gasteiger partial charge < -0.3 is 14.6 Å². The molecule has 6 rings (SSSR count). The summed E-state index contributed by atoms with van der Waals surface area (Å²) in [6.45, 7) is 4.32. The van der Waals surface area contributed by atoms with Crippen molar-refractivity contribution >= 4 is 44.1 Å². The smallest absolute Gasteiger partial charge is 0.301 e. The van der Waals surface area contributed by atoms with Crippen LogP contribution in [0.5, 0.6) is 11.5 Å². The van der Waals surface area contributed by atoms with Crippen LogP contribution in [0.1, 0.15) is 36.6 Å². The van der Waals surface area contributed by atoms with Crippen LogP contribution in [0.15, 0.2) is 66.2 Å². The largest absolute Gasteiger partial charge is 0.507 e. The molecule has 1 fully saturated rings. The van der Waals surface area contributed by atoms with Crippen LogP contribution in [0.4, 0.5) is 9.52 Å². The molecule has 0 radical (unpaired) electrons. The SMILES string of the molecule is CCOc1ccc([C@H]2C(=C(O)c3ccc4c(c3)C[C@@H](C)O4)C(=O)C(=O)N2c2nc3ccc(F)cc3s2)cc1. The summed E-state index contributed by atoms with van der Waals surface area (Å²) in [5, 5.41) is 11.7. The number of hydrogen-bond acceptors (Lipinski definition) is 7. The van der Waals surface area contributed by atoms with E-state index in [1.54, 1.807) is 42.5 Å². The van der Waals surface area contributed by atoms with Crippen molar-refractivity contribution in [3.8, 4) is 11.5 Å². The van der Waals surface area contributed by atoms with Crippen molar-refractivity contribution in [2.24, 2.45) is 0 Å². The van der Waals surface area contributed by atoms with E-state index < -0.39 is 23.5 Å². The number of halogens is 1. The van der Waals surface area contributed by atoms with Crippen LogP contribution in [0.2, 0.25) is 0 Å². The van der Waals surface area contributed by atoms with Crippen LogP contribution in [-0.2, 0) is 16.0 Å². The first-order valence-corrected chi connectivity index (χ1v) is 13.1. The third-order valence-electron chi connectivity index (χ3n) is 6.67. The van der Waals surface area contributed by atoms with Gasteiger partial charge in [0.15, 0.2) is 5.13 Å². The fraction of sp³-hybridized carbons (Fsp3) is 0.207. The maximum Gasteiger partial charge on any atom is 0.301 e. The maximum atomic E-state index is 13.9. The Kier molecular flexibility index (Phi) is 5.87. The monoisotopic (exact) mass is 530 g/mol. The van der Waals surface area contributed by atoms with Gasteiger partial charge in [-0.1, -0.05) is 23.5 Å². The Morgan fingerprint density at radius 3 is 2.71 bits per heavy atom. The van der Waals surface area contributed by atoms with Gasteiger partial charge in [-0.2, -0.15) is 0 Å². The summed E-state index contributed by atoms with van der Waals surface area (Å²) in [5.41, 5.74) is 2.39. The molecule has 2 aliphatic heterocycles. The summed E-state index contributed by atoms with van der Waals surface area (Å²) < 4.78 is 25.7. The summed E-state index contributed by atoms with van der Waals surface area (Å²) in [6, 6.07) is 15.5. The third kappa shape index (κ3) is 3.99. The number of hydrogen-bond donors (Lipinski definition) is 1. The first-order valence-electron chi connectivity index (χ1n) is 12.2. The number of aliphatic hydroxyl groups is 1. The van der Waals surface area contributed by atoms with Crippen molar-refractivity contribution < 1.29 is 28.6 Å². The molecular formula is C29H23FN2O5S. The lowest BCUT2D eigenvalue weighted by Gasteiger charge is -2.23. The molecule has 1 aromatic heterocycles. The summed E-state index contributed by atoms with van der Waals surface area (Å²) in [5.74, 6) is -0.970. The number of carbonyl (C=O) groups excluding carboxylic acids is 2. The molecule has 0 aliphatic carbocycles. The maximum absolute atomic E-state index is 13.9. The molecule has 1 amide bonds. The van der Waals surface area contributed by atoms with Crippen LogP contribution in [0.25, 0.3) is 16.0 Å². The minimum atomic E-state index is -0.945. The van der Waals surface area contributed by atoms with Crippen molar-refractivity contribution in [2.45, 2.75) is 32.4 Å². The van der Waals surface area contributed by atoms with E-state index in [1.807, 2.05) is 13.8 Å². The van der Waals surface area contributed by atoms with Gasteiger partial charge in [0.05, 0.1) is 28.4 Å². The molecule has 0 unspecified atom stereocenters. The van der Waals surface area contributed by atoms with Gasteiger partial charge >= 0.3 is 5.91 Å². The molecule has 0 saturated carbocycles. The van der Waals surface area contributed by atoms with Gasteiger partial charge in [0, 0.05) is 12.0 Å². The summed E-state index contributed by atoms with van der Waals surface area (Å²) in [4.78, 5) is 32.7. The second kappa shape index (κ2) is 9.25. The van der Waals surface area contributed by atoms with Gasteiger partial charge in [-0.15, -0.1) is 0 Å². The fourth-order valence-electron chi connectivity index (χ4n) is 4.97. The van der Waals surface area contributed by atoms with Gasteiger partial charge in [0.1, 0.15) is 29.2 Å². The van der Waals surface area contributed by atoms with Crippen LogP contribution in [-0.4, -0.2) is 34.5 Å². The highest BCUT2D eigenvalue weighted by Crippen LogP contribution is 2.45. The Balaban J connectivity index is 1.51. The highest BCUT2D eigenvalue weighted by molar-refractivity contribution is 7.22. The Labute approximate surface area is 221 Å². The van der Waals surface area contributed by atoms with Crippen molar-refractivity contribution in [1.82, 2.24) is 4.98 Å². The van der Waals surface area contributed by atoms with Gasteiger partial charge in [-0.25, -0.2) is 9.37 Å². The number of amides is 1. The predicted molar refractivity (Wildman–Crippen MR) is 142 cm³/mol. The van der Waals surface area contributed by atoms with E-state index >= 15 is 0 Å². The minimum absolute atomic E-state index is 0.0145.